The molecule has 1 rings (SSSR count). The van der Waals surface area contributed by atoms with Crippen LogP contribution >= 0.6 is 0 Å². The summed E-state index contributed by atoms with van der Waals surface area (Å²) in [7, 11) is 0. The maximum atomic E-state index is 5.44. The lowest BCUT2D eigenvalue weighted by Crippen LogP contribution is -1.93. The van der Waals surface area contributed by atoms with E-state index in [2.05, 4.69) is 44.3 Å². The van der Waals surface area contributed by atoms with Gasteiger partial charge in [0.1, 0.15) is 12.4 Å². The van der Waals surface area contributed by atoms with Crippen molar-refractivity contribution in [3.05, 3.63) is 59.9 Å². The minimum Gasteiger partial charge on any atom is -0.489 e. The van der Waals surface area contributed by atoms with Gasteiger partial charge in [0.15, 0.2) is 0 Å². The third kappa shape index (κ3) is 3.09. The van der Waals surface area contributed by atoms with Gasteiger partial charge in [0.05, 0.1) is 0 Å². The van der Waals surface area contributed by atoms with Crippen LogP contribution in [0.25, 0.3) is 0 Å². The molecule has 0 radical (unpaired) electrons. The second kappa shape index (κ2) is 4.66. The highest BCUT2D eigenvalue weighted by Gasteiger charge is 1.96. The second-order valence-electron chi connectivity index (χ2n) is 3.48. The van der Waals surface area contributed by atoms with Crippen molar-refractivity contribution >= 4 is 0 Å². The molecular formula is C13H16O. The quantitative estimate of drug-likeness (QED) is 0.518. The summed E-state index contributed by atoms with van der Waals surface area (Å²) in [6, 6.07) is 8.26. The van der Waals surface area contributed by atoms with E-state index >= 15 is 0 Å². The van der Waals surface area contributed by atoms with Crippen molar-refractivity contribution in [1.82, 2.24) is 0 Å². The lowest BCUT2D eigenvalue weighted by atomic mass is 10.2. The molecule has 1 heteroatoms. The topological polar surface area (TPSA) is 9.23 Å². The number of aryl methyl sites for hydroxylation is 1. The van der Waals surface area contributed by atoms with E-state index in [9.17, 15) is 0 Å². The summed E-state index contributed by atoms with van der Waals surface area (Å²) in [6.07, 6.45) is 0. The standard InChI is InChI=1S/C13H16O/c1-10(2)12(4)14-9-13-7-5-11(3)6-8-13/h5-8H,1,4,9H2,2-3H3. The molecule has 0 atom stereocenters. The van der Waals surface area contributed by atoms with Crippen molar-refractivity contribution in [1.29, 1.82) is 0 Å². The van der Waals surface area contributed by atoms with E-state index in [4.69, 9.17) is 4.74 Å². The highest BCUT2D eigenvalue weighted by atomic mass is 16.5. The van der Waals surface area contributed by atoms with Crippen LogP contribution in [0.1, 0.15) is 18.1 Å². The van der Waals surface area contributed by atoms with Crippen LogP contribution in [0.3, 0.4) is 0 Å². The van der Waals surface area contributed by atoms with E-state index < -0.39 is 0 Å². The van der Waals surface area contributed by atoms with Gasteiger partial charge < -0.3 is 4.74 Å². The Balaban J connectivity index is 2.50. The Hall–Kier alpha value is -1.50. The summed E-state index contributed by atoms with van der Waals surface area (Å²) in [5.41, 5.74) is 3.28. The van der Waals surface area contributed by atoms with Crippen LogP contribution in [0.4, 0.5) is 0 Å². The first-order valence-electron chi connectivity index (χ1n) is 4.62. The molecule has 14 heavy (non-hydrogen) atoms. The summed E-state index contributed by atoms with van der Waals surface area (Å²) >= 11 is 0. The fourth-order valence-electron chi connectivity index (χ4n) is 0.978. The van der Waals surface area contributed by atoms with Gasteiger partial charge in [-0.05, 0) is 25.0 Å². The molecule has 0 aliphatic heterocycles. The van der Waals surface area contributed by atoms with Crippen LogP contribution in [0, 0.1) is 6.92 Å². The largest absolute Gasteiger partial charge is 0.489 e. The Labute approximate surface area is 85.7 Å². The third-order valence-electron chi connectivity index (χ3n) is 2.01. The van der Waals surface area contributed by atoms with Crippen LogP contribution in [0.2, 0.25) is 0 Å². The lowest BCUT2D eigenvalue weighted by molar-refractivity contribution is 0.208. The molecule has 0 bridgehead atoms. The van der Waals surface area contributed by atoms with E-state index in [1.54, 1.807) is 0 Å². The number of rotatable bonds is 4. The van der Waals surface area contributed by atoms with Crippen molar-refractivity contribution in [2.75, 3.05) is 0 Å². The summed E-state index contributed by atoms with van der Waals surface area (Å²) < 4.78 is 5.44. The molecule has 0 saturated heterocycles. The zero-order valence-electron chi connectivity index (χ0n) is 8.84. The normalized spacial score (nSPS) is 9.57. The molecule has 0 spiro atoms. The van der Waals surface area contributed by atoms with Gasteiger partial charge in [-0.2, -0.15) is 0 Å². The number of hydrogen-bond donors (Lipinski definition) is 0. The molecule has 1 aromatic carbocycles. The van der Waals surface area contributed by atoms with Crippen molar-refractivity contribution in [2.24, 2.45) is 0 Å². The van der Waals surface area contributed by atoms with Crippen molar-refractivity contribution in [3.8, 4) is 0 Å². The molecule has 0 unspecified atom stereocenters. The average Bonchev–Trinajstić information content (AvgIpc) is 2.16. The van der Waals surface area contributed by atoms with Gasteiger partial charge >= 0.3 is 0 Å². The van der Waals surface area contributed by atoms with Crippen LogP contribution in [-0.4, -0.2) is 0 Å². The van der Waals surface area contributed by atoms with Gasteiger partial charge in [-0.15, -0.1) is 0 Å². The smallest absolute Gasteiger partial charge is 0.114 e. The molecule has 1 nitrogen and oxygen atoms in total. The number of hydrogen-bond acceptors (Lipinski definition) is 1. The Morgan fingerprint density at radius 1 is 1.21 bits per heavy atom. The number of ether oxygens (including phenoxy) is 1. The van der Waals surface area contributed by atoms with Gasteiger partial charge in [-0.25, -0.2) is 0 Å². The van der Waals surface area contributed by atoms with Crippen LogP contribution in [0.5, 0.6) is 0 Å². The highest BCUT2D eigenvalue weighted by molar-refractivity contribution is 5.22. The van der Waals surface area contributed by atoms with Gasteiger partial charge in [-0.3, -0.25) is 0 Å². The van der Waals surface area contributed by atoms with Crippen molar-refractivity contribution in [2.45, 2.75) is 20.5 Å². The van der Waals surface area contributed by atoms with E-state index in [1.165, 1.54) is 5.56 Å². The summed E-state index contributed by atoms with van der Waals surface area (Å²) in [6.45, 7) is 12.0. The first-order valence-corrected chi connectivity index (χ1v) is 4.62. The molecule has 0 fully saturated rings. The lowest BCUT2D eigenvalue weighted by Gasteiger charge is -2.08. The van der Waals surface area contributed by atoms with Gasteiger partial charge in [0, 0.05) is 0 Å². The second-order valence-corrected chi connectivity index (χ2v) is 3.48. The Morgan fingerprint density at radius 3 is 2.29 bits per heavy atom. The predicted octanol–water partition coefficient (Wildman–Crippen LogP) is 3.60. The average molecular weight is 188 g/mol. The van der Waals surface area contributed by atoms with Crippen LogP contribution in [0.15, 0.2) is 48.8 Å². The highest BCUT2D eigenvalue weighted by Crippen LogP contribution is 2.10. The molecule has 0 aliphatic carbocycles. The zero-order chi connectivity index (χ0) is 10.6. The van der Waals surface area contributed by atoms with E-state index in [1.807, 2.05) is 6.92 Å². The minimum atomic E-state index is 0.561. The Bertz CT molecular complexity index is 333. The van der Waals surface area contributed by atoms with E-state index in [-0.39, 0.29) is 0 Å². The van der Waals surface area contributed by atoms with Gasteiger partial charge in [-0.1, -0.05) is 43.0 Å². The SMILES string of the molecule is C=C(C)C(=C)OCc1ccc(C)cc1. The van der Waals surface area contributed by atoms with E-state index in [0.29, 0.717) is 12.4 Å². The van der Waals surface area contributed by atoms with Gasteiger partial charge in [0.25, 0.3) is 0 Å². The minimum absolute atomic E-state index is 0.561. The zero-order valence-corrected chi connectivity index (χ0v) is 8.84. The Morgan fingerprint density at radius 2 is 1.79 bits per heavy atom. The third-order valence-corrected chi connectivity index (χ3v) is 2.01. The number of benzene rings is 1. The molecular weight excluding hydrogens is 172 g/mol. The molecule has 0 amide bonds. The van der Waals surface area contributed by atoms with Gasteiger partial charge in [0.2, 0.25) is 0 Å². The summed E-state index contributed by atoms with van der Waals surface area (Å²) in [4.78, 5) is 0. The Kier molecular flexibility index (Phi) is 3.52. The van der Waals surface area contributed by atoms with E-state index in [0.717, 1.165) is 11.1 Å². The fraction of sp³-hybridized carbons (Fsp3) is 0.231. The molecule has 0 aromatic heterocycles. The maximum absolute atomic E-state index is 5.44. The molecule has 74 valence electrons. The summed E-state index contributed by atoms with van der Waals surface area (Å²) in [5, 5.41) is 0. The first-order chi connectivity index (χ1) is 6.59. The fourth-order valence-corrected chi connectivity index (χ4v) is 0.978. The molecule has 0 N–H and O–H groups in total. The predicted molar refractivity (Wildman–Crippen MR) is 59.9 cm³/mol. The molecule has 0 saturated carbocycles. The van der Waals surface area contributed by atoms with Crippen LogP contribution in [-0.2, 0) is 11.3 Å². The summed E-state index contributed by atoms with van der Waals surface area (Å²) in [5.74, 6) is 0.658. The number of allylic oxidation sites excluding steroid dienone is 1. The molecule has 0 aliphatic rings. The first kappa shape index (κ1) is 10.6. The molecule has 1 aromatic rings. The maximum Gasteiger partial charge on any atom is 0.114 e. The monoisotopic (exact) mass is 188 g/mol. The van der Waals surface area contributed by atoms with Crippen molar-refractivity contribution < 1.29 is 4.74 Å². The van der Waals surface area contributed by atoms with Crippen molar-refractivity contribution in [3.63, 3.8) is 0 Å². The van der Waals surface area contributed by atoms with Crippen LogP contribution < -0.4 is 0 Å². The molecule has 0 heterocycles.